The van der Waals surface area contributed by atoms with Crippen molar-refractivity contribution in [2.24, 2.45) is 0 Å². The van der Waals surface area contributed by atoms with Crippen LogP contribution in [0.1, 0.15) is 31.1 Å². The van der Waals surface area contributed by atoms with Gasteiger partial charge in [0, 0.05) is 0 Å². The summed E-state index contributed by atoms with van der Waals surface area (Å²) in [6.45, 7) is -0.366. The van der Waals surface area contributed by atoms with Crippen LogP contribution < -0.4 is 0 Å². The predicted molar refractivity (Wildman–Crippen MR) is 131 cm³/mol. The molecule has 1 heterocycles. The van der Waals surface area contributed by atoms with Gasteiger partial charge in [-0.25, -0.2) is 14.4 Å². The minimum atomic E-state index is -1.51. The Balaban J connectivity index is 1.58. The first-order valence-corrected chi connectivity index (χ1v) is 11.9. The average molecular weight is 553 g/mol. The molecule has 0 saturated carbocycles. The van der Waals surface area contributed by atoms with Crippen molar-refractivity contribution in [1.82, 2.24) is 0 Å². The summed E-state index contributed by atoms with van der Waals surface area (Å²) in [4.78, 5) is 51.1. The van der Waals surface area contributed by atoms with Crippen molar-refractivity contribution in [3.8, 4) is 0 Å². The predicted octanol–water partition coefficient (Wildman–Crippen LogP) is 3.98. The van der Waals surface area contributed by atoms with Crippen LogP contribution in [0.5, 0.6) is 0 Å². The van der Waals surface area contributed by atoms with E-state index >= 15 is 0 Å². The van der Waals surface area contributed by atoms with Gasteiger partial charge in [0.15, 0.2) is 11.1 Å². The summed E-state index contributed by atoms with van der Waals surface area (Å²) in [6.07, 6.45) is -4.00. The molecule has 8 nitrogen and oxygen atoms in total. The lowest BCUT2D eigenvalue weighted by Gasteiger charge is -2.37. The maximum atomic E-state index is 13.0. The molecule has 4 rings (SSSR count). The highest BCUT2D eigenvalue weighted by Gasteiger charge is 2.49. The third-order valence-electron chi connectivity index (χ3n) is 5.35. The Morgan fingerprint density at radius 2 is 1.14 bits per heavy atom. The molecule has 4 atom stereocenters. The van der Waals surface area contributed by atoms with Gasteiger partial charge in [-0.05, 0) is 52.3 Å². The molecule has 0 aliphatic carbocycles. The lowest BCUT2D eigenvalue weighted by Crippen LogP contribution is -2.58. The fraction of sp³-hybridized carbons (Fsp3) is 0.185. The summed E-state index contributed by atoms with van der Waals surface area (Å²) >= 11 is 3.13. The van der Waals surface area contributed by atoms with Gasteiger partial charge in [0.2, 0.25) is 11.9 Å². The van der Waals surface area contributed by atoms with Crippen LogP contribution in [-0.4, -0.2) is 53.6 Å². The summed E-state index contributed by atoms with van der Waals surface area (Å²) in [5.74, 6) is -2.83. The second kappa shape index (κ2) is 11.7. The molecule has 0 bridgehead atoms. The van der Waals surface area contributed by atoms with Crippen molar-refractivity contribution < 1.29 is 38.1 Å². The fourth-order valence-corrected chi connectivity index (χ4v) is 4.06. The number of ketones is 1. The van der Waals surface area contributed by atoms with E-state index in [4.69, 9.17) is 18.9 Å². The van der Waals surface area contributed by atoms with E-state index in [2.05, 4.69) is 15.9 Å². The molecular weight excluding hydrogens is 532 g/mol. The van der Waals surface area contributed by atoms with Gasteiger partial charge in [-0.15, -0.1) is 0 Å². The minimum absolute atomic E-state index is 0.211. The number of ether oxygens (including phenoxy) is 4. The maximum absolute atomic E-state index is 13.0. The number of benzene rings is 3. The molecule has 3 aromatic rings. The van der Waals surface area contributed by atoms with E-state index in [1.165, 1.54) is 24.3 Å². The highest BCUT2D eigenvalue weighted by atomic mass is 79.9. The summed E-state index contributed by atoms with van der Waals surface area (Å²) in [5.41, 5.74) is 0.742. The molecule has 1 aliphatic heterocycles. The van der Waals surface area contributed by atoms with Gasteiger partial charge in [0.1, 0.15) is 12.7 Å². The van der Waals surface area contributed by atoms with Gasteiger partial charge in [-0.1, -0.05) is 54.6 Å². The zero-order valence-corrected chi connectivity index (χ0v) is 20.4. The number of hydrogen-bond donors (Lipinski definition) is 0. The fourth-order valence-electron chi connectivity index (χ4n) is 3.52. The molecule has 36 heavy (non-hydrogen) atoms. The highest BCUT2D eigenvalue weighted by Crippen LogP contribution is 2.28. The van der Waals surface area contributed by atoms with Crippen molar-refractivity contribution >= 4 is 39.6 Å². The first-order valence-electron chi connectivity index (χ1n) is 11.0. The van der Waals surface area contributed by atoms with Gasteiger partial charge in [-0.2, -0.15) is 0 Å². The Bertz CT molecular complexity index is 1220. The Hall–Kier alpha value is -3.82. The number of hydrogen-bond acceptors (Lipinski definition) is 8. The van der Waals surface area contributed by atoms with E-state index in [9.17, 15) is 19.2 Å². The van der Waals surface area contributed by atoms with Crippen molar-refractivity contribution in [2.45, 2.75) is 23.3 Å². The van der Waals surface area contributed by atoms with Crippen LogP contribution in [0.25, 0.3) is 0 Å². The van der Waals surface area contributed by atoms with Crippen molar-refractivity contribution in [3.05, 3.63) is 108 Å². The van der Waals surface area contributed by atoms with Crippen LogP contribution in [0.4, 0.5) is 0 Å². The second-order valence-corrected chi connectivity index (χ2v) is 8.62. The first-order chi connectivity index (χ1) is 17.4. The number of halogens is 1. The van der Waals surface area contributed by atoms with E-state index in [0.29, 0.717) is 5.56 Å². The minimum Gasteiger partial charge on any atom is -0.459 e. The Kier molecular flexibility index (Phi) is 8.24. The van der Waals surface area contributed by atoms with E-state index in [-0.39, 0.29) is 17.7 Å². The van der Waals surface area contributed by atoms with Gasteiger partial charge in [-0.3, -0.25) is 4.79 Å². The zero-order valence-electron chi connectivity index (χ0n) is 18.8. The largest absolute Gasteiger partial charge is 0.459 e. The molecule has 0 radical (unpaired) electrons. The highest BCUT2D eigenvalue weighted by molar-refractivity contribution is 9.09. The maximum Gasteiger partial charge on any atom is 0.338 e. The molecule has 9 heteroatoms. The second-order valence-electron chi connectivity index (χ2n) is 7.79. The van der Waals surface area contributed by atoms with Gasteiger partial charge < -0.3 is 18.9 Å². The standard InChI is InChI=1S/C27H21BrO8/c28-24-21(29)23(36-27(32)19-14-8-3-9-15-19)22(35-26(31)18-12-6-2-7-13-18)20(34-24)16-33-25(30)17-10-4-1-5-11-17/h1-15,20,22-24H,16H2/t20-,22-,23+,24+/m0/s1. The van der Waals surface area contributed by atoms with Crippen LogP contribution in [0.15, 0.2) is 91.0 Å². The van der Waals surface area contributed by atoms with Crippen LogP contribution >= 0.6 is 15.9 Å². The lowest BCUT2D eigenvalue weighted by atomic mass is 10.0. The van der Waals surface area contributed by atoms with E-state index in [0.717, 1.165) is 0 Å². The third-order valence-corrected chi connectivity index (χ3v) is 6.01. The number of Topliss-reactive ketones (excluding diaryl/α,β-unsaturated/α-hetero) is 1. The lowest BCUT2D eigenvalue weighted by molar-refractivity contribution is -0.176. The van der Waals surface area contributed by atoms with Crippen LogP contribution in [0.2, 0.25) is 0 Å². The van der Waals surface area contributed by atoms with Crippen molar-refractivity contribution in [1.29, 1.82) is 0 Å². The van der Waals surface area contributed by atoms with Crippen LogP contribution in [0, 0.1) is 0 Å². The molecule has 0 N–H and O–H groups in total. The molecule has 1 saturated heterocycles. The number of carbonyl (C=O) groups excluding carboxylic acids is 4. The molecular formula is C27H21BrO8. The summed E-state index contributed by atoms with van der Waals surface area (Å²) in [7, 11) is 0. The molecule has 1 aliphatic rings. The summed E-state index contributed by atoms with van der Waals surface area (Å²) in [5, 5.41) is -1.18. The number of alkyl halides is 1. The Morgan fingerprint density at radius 3 is 1.64 bits per heavy atom. The van der Waals surface area contributed by atoms with Crippen molar-refractivity contribution in [3.63, 3.8) is 0 Å². The third kappa shape index (κ3) is 6.05. The summed E-state index contributed by atoms with van der Waals surface area (Å²) in [6, 6.07) is 24.5. The quantitative estimate of drug-likeness (QED) is 0.246. The molecule has 3 aromatic carbocycles. The summed E-state index contributed by atoms with van der Waals surface area (Å²) < 4.78 is 22.2. The van der Waals surface area contributed by atoms with Gasteiger partial charge in [0.05, 0.1) is 16.7 Å². The van der Waals surface area contributed by atoms with Crippen LogP contribution in [0.3, 0.4) is 0 Å². The SMILES string of the molecule is O=C(OC[C@@H]1O[C@@H](Br)C(=O)[C@@H](OC(=O)c2ccccc2)[C@H]1OC(=O)c1ccccc1)c1ccccc1. The topological polar surface area (TPSA) is 105 Å². The number of carbonyl (C=O) groups is 4. The number of rotatable bonds is 7. The molecule has 0 amide bonds. The molecule has 0 unspecified atom stereocenters. The molecule has 184 valence electrons. The van der Waals surface area contributed by atoms with Gasteiger partial charge in [0.25, 0.3) is 0 Å². The molecule has 0 spiro atoms. The van der Waals surface area contributed by atoms with Gasteiger partial charge >= 0.3 is 17.9 Å². The van der Waals surface area contributed by atoms with E-state index in [1.807, 2.05) is 0 Å². The van der Waals surface area contributed by atoms with Crippen LogP contribution in [-0.2, 0) is 23.7 Å². The first kappa shape index (κ1) is 25.3. The van der Waals surface area contributed by atoms with Crippen molar-refractivity contribution in [2.75, 3.05) is 6.61 Å². The Morgan fingerprint density at radius 1 is 0.694 bits per heavy atom. The number of esters is 3. The molecule has 0 aromatic heterocycles. The normalized spacial score (nSPS) is 21.3. The smallest absolute Gasteiger partial charge is 0.338 e. The Labute approximate surface area is 215 Å². The molecule has 1 fully saturated rings. The monoisotopic (exact) mass is 552 g/mol. The van der Waals surface area contributed by atoms with E-state index in [1.54, 1.807) is 66.7 Å². The zero-order chi connectivity index (χ0) is 25.5. The van der Waals surface area contributed by atoms with E-state index < -0.39 is 47.0 Å². The average Bonchev–Trinajstić information content (AvgIpc) is 2.92.